The summed E-state index contributed by atoms with van der Waals surface area (Å²) in [7, 11) is -7.74. The highest BCUT2D eigenvalue weighted by Crippen LogP contribution is 2.20. The van der Waals surface area contributed by atoms with Crippen molar-refractivity contribution in [2.45, 2.75) is 29.1 Å². The zero-order valence-electron chi connectivity index (χ0n) is 11.5. The molecule has 1 aromatic carbocycles. The largest absolute Gasteiger partial charge is 0.256 e. The van der Waals surface area contributed by atoms with Crippen LogP contribution in [0, 0.1) is 5.82 Å². The number of nitrogens with one attached hydrogen (secondary N) is 1. The molecule has 1 aromatic rings. The number of sulfonamides is 1. The minimum Gasteiger partial charge on any atom is -0.230 e. The first-order valence-electron chi connectivity index (χ1n) is 6.47. The fourth-order valence-corrected chi connectivity index (χ4v) is 4.07. The molecule has 21 heavy (non-hydrogen) atoms. The highest BCUT2D eigenvalue weighted by atomic mass is 32.2. The zero-order chi connectivity index (χ0) is 15.7. The van der Waals surface area contributed by atoms with Gasteiger partial charge in [0, 0.05) is 19.3 Å². The molecule has 0 aromatic heterocycles. The van der Waals surface area contributed by atoms with Gasteiger partial charge in [0.25, 0.3) is 10.0 Å². The average Bonchev–Trinajstić information content (AvgIpc) is 2.38. The maximum Gasteiger partial charge on any atom is 0.256 e. The Bertz CT molecular complexity index is 726. The molecule has 118 valence electrons. The molecule has 0 spiro atoms. The molecule has 1 saturated heterocycles. The van der Waals surface area contributed by atoms with Crippen LogP contribution >= 0.6 is 0 Å². The Balaban J connectivity index is 2.34. The van der Waals surface area contributed by atoms with E-state index in [1.54, 1.807) is 0 Å². The minimum atomic E-state index is -4.14. The van der Waals surface area contributed by atoms with E-state index in [9.17, 15) is 21.2 Å². The van der Waals surface area contributed by atoms with Gasteiger partial charge < -0.3 is 0 Å². The second-order valence-corrected chi connectivity index (χ2v) is 8.65. The SMILES string of the molecule is CS(=O)(=O)c1ccc(F)c(S(=O)(=O)NN2CCCCC2)c1. The molecule has 1 aliphatic rings. The summed E-state index contributed by atoms with van der Waals surface area (Å²) in [6.45, 7) is 1.10. The smallest absolute Gasteiger partial charge is 0.230 e. The lowest BCUT2D eigenvalue weighted by molar-refractivity contribution is 0.199. The number of hydrazine groups is 1. The molecule has 1 N–H and O–H groups in total. The molecule has 1 aliphatic heterocycles. The molecular formula is C12H17FN2O4S2. The summed E-state index contributed by atoms with van der Waals surface area (Å²) in [4.78, 5) is 1.41. The van der Waals surface area contributed by atoms with Crippen molar-refractivity contribution in [2.75, 3.05) is 19.3 Å². The highest BCUT2D eigenvalue weighted by molar-refractivity contribution is 7.91. The topological polar surface area (TPSA) is 83.5 Å². The number of piperidine rings is 1. The molecule has 0 amide bonds. The molecule has 0 saturated carbocycles. The quantitative estimate of drug-likeness (QED) is 0.826. The maximum atomic E-state index is 13.8. The van der Waals surface area contributed by atoms with Crippen LogP contribution < -0.4 is 4.83 Å². The fourth-order valence-electron chi connectivity index (χ4n) is 2.12. The van der Waals surface area contributed by atoms with Gasteiger partial charge >= 0.3 is 0 Å². The zero-order valence-corrected chi connectivity index (χ0v) is 13.2. The van der Waals surface area contributed by atoms with E-state index in [1.165, 1.54) is 5.01 Å². The number of benzene rings is 1. The number of hydrogen-bond donors (Lipinski definition) is 1. The van der Waals surface area contributed by atoms with E-state index in [-0.39, 0.29) is 4.90 Å². The summed E-state index contributed by atoms with van der Waals surface area (Å²) < 4.78 is 61.1. The number of sulfone groups is 1. The van der Waals surface area contributed by atoms with Crippen molar-refractivity contribution in [2.24, 2.45) is 0 Å². The van der Waals surface area contributed by atoms with E-state index in [1.807, 2.05) is 0 Å². The first-order chi connectivity index (χ1) is 9.70. The van der Waals surface area contributed by atoms with Crippen LogP contribution in [0.25, 0.3) is 0 Å². The Kier molecular flexibility index (Phi) is 4.66. The van der Waals surface area contributed by atoms with Crippen molar-refractivity contribution in [3.8, 4) is 0 Å². The molecule has 2 rings (SSSR count). The van der Waals surface area contributed by atoms with Gasteiger partial charge in [-0.2, -0.15) is 0 Å². The summed E-state index contributed by atoms with van der Waals surface area (Å²) in [6.07, 6.45) is 3.67. The molecule has 9 heteroatoms. The molecule has 6 nitrogen and oxygen atoms in total. The summed E-state index contributed by atoms with van der Waals surface area (Å²) in [5.41, 5.74) is 0. The Morgan fingerprint density at radius 3 is 2.29 bits per heavy atom. The highest BCUT2D eigenvalue weighted by Gasteiger charge is 2.24. The first-order valence-corrected chi connectivity index (χ1v) is 9.84. The van der Waals surface area contributed by atoms with Gasteiger partial charge in [0.15, 0.2) is 9.84 Å². The molecule has 1 fully saturated rings. The molecule has 0 unspecified atom stereocenters. The predicted octanol–water partition coefficient (Wildman–Crippen LogP) is 0.908. The minimum absolute atomic E-state index is 0.233. The second-order valence-electron chi connectivity index (χ2n) is 5.01. The third-order valence-electron chi connectivity index (χ3n) is 3.23. The van der Waals surface area contributed by atoms with Crippen molar-refractivity contribution < 1.29 is 21.2 Å². The van der Waals surface area contributed by atoms with Gasteiger partial charge in [0.05, 0.1) is 4.90 Å². The third-order valence-corrected chi connectivity index (χ3v) is 5.73. The Morgan fingerprint density at radius 2 is 1.71 bits per heavy atom. The van der Waals surface area contributed by atoms with Crippen molar-refractivity contribution in [1.29, 1.82) is 0 Å². The van der Waals surface area contributed by atoms with Crippen molar-refractivity contribution in [3.63, 3.8) is 0 Å². The lowest BCUT2D eigenvalue weighted by Gasteiger charge is -2.26. The van der Waals surface area contributed by atoms with E-state index in [0.717, 1.165) is 43.7 Å². The van der Waals surface area contributed by atoms with Gasteiger partial charge in [-0.25, -0.2) is 26.2 Å². The van der Waals surface area contributed by atoms with Gasteiger partial charge in [0.1, 0.15) is 10.7 Å². The number of nitrogens with zero attached hydrogens (tertiary/aromatic N) is 1. The summed E-state index contributed by atoms with van der Waals surface area (Å²) in [5.74, 6) is -0.980. The van der Waals surface area contributed by atoms with Crippen LogP contribution in [-0.2, 0) is 19.9 Å². The fraction of sp³-hybridized carbons (Fsp3) is 0.500. The van der Waals surface area contributed by atoms with Crippen molar-refractivity contribution in [3.05, 3.63) is 24.0 Å². The van der Waals surface area contributed by atoms with Gasteiger partial charge in [-0.1, -0.05) is 6.42 Å². The van der Waals surface area contributed by atoms with Gasteiger partial charge in [-0.3, -0.25) is 0 Å². The lowest BCUT2D eigenvalue weighted by atomic mass is 10.2. The van der Waals surface area contributed by atoms with Crippen LogP contribution in [0.4, 0.5) is 4.39 Å². The number of hydrogen-bond acceptors (Lipinski definition) is 5. The number of rotatable bonds is 4. The molecule has 0 radical (unpaired) electrons. The van der Waals surface area contributed by atoms with Crippen LogP contribution in [0.5, 0.6) is 0 Å². The standard InChI is InChI=1S/C12H17FN2O4S2/c1-20(16,17)10-5-6-11(13)12(9-10)21(18,19)14-15-7-3-2-4-8-15/h5-6,9,14H,2-4,7-8H2,1H3. The molecule has 0 aliphatic carbocycles. The van der Waals surface area contributed by atoms with E-state index in [4.69, 9.17) is 0 Å². The van der Waals surface area contributed by atoms with Crippen LogP contribution in [0.1, 0.15) is 19.3 Å². The van der Waals surface area contributed by atoms with Crippen molar-refractivity contribution in [1.82, 2.24) is 9.84 Å². The van der Waals surface area contributed by atoms with Crippen LogP contribution in [0.15, 0.2) is 28.0 Å². The van der Waals surface area contributed by atoms with Crippen LogP contribution in [-0.4, -0.2) is 41.2 Å². The second kappa shape index (κ2) is 5.99. The lowest BCUT2D eigenvalue weighted by Crippen LogP contribution is -2.45. The average molecular weight is 336 g/mol. The normalized spacial score (nSPS) is 17.8. The van der Waals surface area contributed by atoms with Gasteiger partial charge in [-0.15, -0.1) is 4.83 Å². The van der Waals surface area contributed by atoms with Gasteiger partial charge in [-0.05, 0) is 31.0 Å². The van der Waals surface area contributed by atoms with E-state index < -0.39 is 30.6 Å². The van der Waals surface area contributed by atoms with Crippen molar-refractivity contribution >= 4 is 19.9 Å². The molecular weight excluding hydrogens is 319 g/mol. The Hall–Kier alpha value is -1.03. The van der Waals surface area contributed by atoms with E-state index in [0.29, 0.717) is 13.1 Å². The Labute approximate surface area is 123 Å². The van der Waals surface area contributed by atoms with E-state index in [2.05, 4.69) is 4.83 Å². The first kappa shape index (κ1) is 16.3. The number of halogens is 1. The predicted molar refractivity (Wildman–Crippen MR) is 75.3 cm³/mol. The summed E-state index contributed by atoms with van der Waals surface area (Å²) in [5, 5.41) is 1.51. The molecule has 1 heterocycles. The summed E-state index contributed by atoms with van der Waals surface area (Å²) in [6, 6.07) is 2.74. The third kappa shape index (κ3) is 4.00. The van der Waals surface area contributed by atoms with Gasteiger partial charge in [0.2, 0.25) is 0 Å². The summed E-state index contributed by atoms with van der Waals surface area (Å²) >= 11 is 0. The van der Waals surface area contributed by atoms with Crippen LogP contribution in [0.2, 0.25) is 0 Å². The van der Waals surface area contributed by atoms with Crippen LogP contribution in [0.3, 0.4) is 0 Å². The maximum absolute atomic E-state index is 13.8. The van der Waals surface area contributed by atoms with E-state index >= 15 is 0 Å². The molecule has 0 atom stereocenters. The Morgan fingerprint density at radius 1 is 1.10 bits per heavy atom. The molecule has 0 bridgehead atoms. The monoisotopic (exact) mass is 336 g/mol.